The van der Waals surface area contributed by atoms with Crippen molar-refractivity contribution in [2.45, 2.75) is 13.0 Å². The lowest BCUT2D eigenvalue weighted by Crippen LogP contribution is -2.32. The number of aliphatic hydroxyl groups is 1. The lowest BCUT2D eigenvalue weighted by Gasteiger charge is -2.20. The second kappa shape index (κ2) is 5.82. The van der Waals surface area contributed by atoms with Gasteiger partial charge in [0.2, 0.25) is 10.0 Å². The fourth-order valence-electron chi connectivity index (χ4n) is 1.42. The van der Waals surface area contributed by atoms with Crippen LogP contribution in [0.1, 0.15) is 18.6 Å². The van der Waals surface area contributed by atoms with Gasteiger partial charge >= 0.3 is 0 Å². The number of halogens is 1. The van der Waals surface area contributed by atoms with E-state index in [1.165, 1.54) is 7.05 Å². The molecule has 0 aliphatic rings. The molecule has 0 heterocycles. The second-order valence-corrected chi connectivity index (χ2v) is 6.49. The van der Waals surface area contributed by atoms with Gasteiger partial charge in [0.05, 0.1) is 11.9 Å². The number of likely N-dealkylation sites (N-methyl/N-ethyl adjacent to an activating group) is 1. The molecule has 1 aromatic rings. The van der Waals surface area contributed by atoms with E-state index in [2.05, 4.69) is 0 Å². The zero-order valence-corrected chi connectivity index (χ0v) is 11.4. The molecule has 96 valence electrons. The van der Waals surface area contributed by atoms with Gasteiger partial charge in [0.15, 0.2) is 0 Å². The summed E-state index contributed by atoms with van der Waals surface area (Å²) < 4.78 is 24.2. The zero-order chi connectivity index (χ0) is 13.1. The van der Waals surface area contributed by atoms with Crippen molar-refractivity contribution in [2.24, 2.45) is 0 Å². The predicted octanol–water partition coefficient (Wildman–Crippen LogP) is 1.65. The van der Waals surface area contributed by atoms with Gasteiger partial charge in [-0.1, -0.05) is 29.8 Å². The summed E-state index contributed by atoms with van der Waals surface area (Å²) in [7, 11) is -1.84. The third-order valence-electron chi connectivity index (χ3n) is 2.53. The molecule has 0 saturated carbocycles. The predicted molar refractivity (Wildman–Crippen MR) is 68.5 cm³/mol. The van der Waals surface area contributed by atoms with Crippen LogP contribution in [0.3, 0.4) is 0 Å². The molecule has 1 aromatic carbocycles. The van der Waals surface area contributed by atoms with E-state index < -0.39 is 16.1 Å². The topological polar surface area (TPSA) is 57.6 Å². The third kappa shape index (κ3) is 3.67. The minimum atomic E-state index is -3.28. The molecule has 0 radical (unpaired) electrons. The van der Waals surface area contributed by atoms with Gasteiger partial charge in [-0.3, -0.25) is 0 Å². The number of sulfonamides is 1. The fourth-order valence-corrected chi connectivity index (χ4v) is 2.49. The quantitative estimate of drug-likeness (QED) is 0.890. The van der Waals surface area contributed by atoms with E-state index in [0.717, 1.165) is 4.31 Å². The Labute approximate surface area is 107 Å². The number of aliphatic hydroxyl groups excluding tert-OH is 1. The van der Waals surface area contributed by atoms with Crippen LogP contribution in [0, 0.1) is 0 Å². The lowest BCUT2D eigenvalue weighted by molar-refractivity contribution is 0.155. The molecule has 1 N–H and O–H groups in total. The van der Waals surface area contributed by atoms with Crippen LogP contribution in [0.15, 0.2) is 24.3 Å². The van der Waals surface area contributed by atoms with Gasteiger partial charge in [-0.25, -0.2) is 12.7 Å². The largest absolute Gasteiger partial charge is 0.387 e. The van der Waals surface area contributed by atoms with Gasteiger partial charge in [-0.15, -0.1) is 0 Å². The summed E-state index contributed by atoms with van der Waals surface area (Å²) in [6.45, 7) is 1.56. The van der Waals surface area contributed by atoms with Crippen molar-refractivity contribution in [1.82, 2.24) is 4.31 Å². The Balaban J connectivity index is 2.81. The summed E-state index contributed by atoms with van der Waals surface area (Å²) >= 11 is 5.92. The third-order valence-corrected chi connectivity index (χ3v) is 4.71. The number of hydrogen-bond donors (Lipinski definition) is 1. The molecule has 1 unspecified atom stereocenters. The normalized spacial score (nSPS) is 13.9. The highest BCUT2D eigenvalue weighted by atomic mass is 35.5. The summed E-state index contributed by atoms with van der Waals surface area (Å²) in [5.41, 5.74) is 0.535. The van der Waals surface area contributed by atoms with Crippen molar-refractivity contribution in [3.05, 3.63) is 34.9 Å². The molecule has 0 saturated heterocycles. The Hall–Kier alpha value is -0.620. The second-order valence-electron chi connectivity index (χ2n) is 3.72. The summed E-state index contributed by atoms with van der Waals surface area (Å²) in [4.78, 5) is 0. The fraction of sp³-hybridized carbons (Fsp3) is 0.455. The molecule has 0 bridgehead atoms. The zero-order valence-electron chi connectivity index (χ0n) is 9.80. The van der Waals surface area contributed by atoms with Crippen molar-refractivity contribution >= 4 is 21.6 Å². The van der Waals surface area contributed by atoms with Crippen LogP contribution in [0.4, 0.5) is 0 Å². The first kappa shape index (κ1) is 14.4. The van der Waals surface area contributed by atoms with E-state index in [0.29, 0.717) is 10.6 Å². The molecule has 0 aliphatic heterocycles. The van der Waals surface area contributed by atoms with E-state index in [4.69, 9.17) is 11.6 Å². The summed E-state index contributed by atoms with van der Waals surface area (Å²) in [6, 6.07) is 6.84. The van der Waals surface area contributed by atoms with Gasteiger partial charge in [0.25, 0.3) is 0 Å². The molecular formula is C11H16ClNO3S. The molecule has 4 nitrogen and oxygen atoms in total. The van der Waals surface area contributed by atoms with Crippen LogP contribution >= 0.6 is 11.6 Å². The maximum atomic E-state index is 11.5. The van der Waals surface area contributed by atoms with Gasteiger partial charge in [-0.2, -0.15) is 0 Å². The SMILES string of the molecule is CCS(=O)(=O)N(C)CC(O)c1ccccc1Cl. The first-order valence-electron chi connectivity index (χ1n) is 5.25. The van der Waals surface area contributed by atoms with Crippen LogP contribution in [0.5, 0.6) is 0 Å². The maximum absolute atomic E-state index is 11.5. The number of hydrogen-bond acceptors (Lipinski definition) is 3. The number of nitrogens with zero attached hydrogens (tertiary/aromatic N) is 1. The highest BCUT2D eigenvalue weighted by Gasteiger charge is 2.20. The average Bonchev–Trinajstić information content (AvgIpc) is 2.29. The van der Waals surface area contributed by atoms with Crippen molar-refractivity contribution in [3.8, 4) is 0 Å². The molecular weight excluding hydrogens is 262 g/mol. The Kier molecular flexibility index (Phi) is 4.94. The molecule has 1 rings (SSSR count). The maximum Gasteiger partial charge on any atom is 0.213 e. The highest BCUT2D eigenvalue weighted by molar-refractivity contribution is 7.89. The smallest absolute Gasteiger partial charge is 0.213 e. The lowest BCUT2D eigenvalue weighted by atomic mass is 10.1. The summed E-state index contributed by atoms with van der Waals surface area (Å²) in [5, 5.41) is 10.4. The molecule has 17 heavy (non-hydrogen) atoms. The standard InChI is InChI=1S/C11H16ClNO3S/c1-3-17(15,16)13(2)8-11(14)9-6-4-5-7-10(9)12/h4-7,11,14H,3,8H2,1-2H3. The molecule has 0 amide bonds. The van der Waals surface area contributed by atoms with Gasteiger partial charge < -0.3 is 5.11 Å². The average molecular weight is 278 g/mol. The Morgan fingerprint density at radius 3 is 2.53 bits per heavy atom. The van der Waals surface area contributed by atoms with Crippen LogP contribution in [0.25, 0.3) is 0 Å². The van der Waals surface area contributed by atoms with E-state index >= 15 is 0 Å². The van der Waals surface area contributed by atoms with Crippen LogP contribution < -0.4 is 0 Å². The minimum Gasteiger partial charge on any atom is -0.387 e. The Morgan fingerprint density at radius 2 is 2.00 bits per heavy atom. The van der Waals surface area contributed by atoms with Crippen LogP contribution in [-0.4, -0.2) is 37.2 Å². The Morgan fingerprint density at radius 1 is 1.41 bits per heavy atom. The van der Waals surface area contributed by atoms with Crippen molar-refractivity contribution in [3.63, 3.8) is 0 Å². The molecule has 6 heteroatoms. The Bertz CT molecular complexity index is 475. The first-order valence-corrected chi connectivity index (χ1v) is 7.23. The molecule has 0 aromatic heterocycles. The van der Waals surface area contributed by atoms with Gasteiger partial charge in [0.1, 0.15) is 0 Å². The van der Waals surface area contributed by atoms with Crippen molar-refractivity contribution < 1.29 is 13.5 Å². The van der Waals surface area contributed by atoms with Crippen LogP contribution in [-0.2, 0) is 10.0 Å². The number of benzene rings is 1. The molecule has 0 aliphatic carbocycles. The monoisotopic (exact) mass is 277 g/mol. The van der Waals surface area contributed by atoms with Crippen LogP contribution in [0.2, 0.25) is 5.02 Å². The van der Waals surface area contributed by atoms with Gasteiger partial charge in [-0.05, 0) is 13.0 Å². The molecule has 0 fully saturated rings. The van der Waals surface area contributed by atoms with E-state index in [1.54, 1.807) is 31.2 Å². The molecule has 1 atom stereocenters. The van der Waals surface area contributed by atoms with E-state index in [-0.39, 0.29) is 12.3 Å². The van der Waals surface area contributed by atoms with Crippen molar-refractivity contribution in [2.75, 3.05) is 19.3 Å². The molecule has 0 spiro atoms. The minimum absolute atomic E-state index is 0.0000926. The number of rotatable bonds is 5. The summed E-state index contributed by atoms with van der Waals surface area (Å²) in [5.74, 6) is 0.0126. The van der Waals surface area contributed by atoms with Crippen molar-refractivity contribution in [1.29, 1.82) is 0 Å². The highest BCUT2D eigenvalue weighted by Crippen LogP contribution is 2.23. The summed E-state index contributed by atoms with van der Waals surface area (Å²) in [6.07, 6.45) is -0.921. The van der Waals surface area contributed by atoms with Gasteiger partial charge in [0, 0.05) is 24.2 Å². The van der Waals surface area contributed by atoms with E-state index in [9.17, 15) is 13.5 Å². The van der Waals surface area contributed by atoms with E-state index in [1.807, 2.05) is 0 Å². The first-order chi connectivity index (χ1) is 7.88.